The summed E-state index contributed by atoms with van der Waals surface area (Å²) in [7, 11) is 0. The number of aromatic nitrogens is 1. The number of nitrogens with zero attached hydrogens (tertiary/aromatic N) is 5. The summed E-state index contributed by atoms with van der Waals surface area (Å²) in [6.45, 7) is 3.90. The van der Waals surface area contributed by atoms with E-state index in [1.165, 1.54) is 24.1 Å². The molecule has 1 saturated heterocycles. The summed E-state index contributed by atoms with van der Waals surface area (Å²) in [5.41, 5.74) is 2.76. The van der Waals surface area contributed by atoms with Crippen molar-refractivity contribution in [1.29, 1.82) is 5.26 Å². The number of nitrogens with one attached hydrogen (secondary N) is 1. The molecule has 2 aliphatic heterocycles. The van der Waals surface area contributed by atoms with Crippen molar-refractivity contribution in [3.63, 3.8) is 0 Å². The van der Waals surface area contributed by atoms with Crippen LogP contribution in [0.25, 0.3) is 0 Å². The molecule has 3 heterocycles. The van der Waals surface area contributed by atoms with Crippen molar-refractivity contribution >= 4 is 63.6 Å². The van der Waals surface area contributed by atoms with E-state index >= 15 is 0 Å². The van der Waals surface area contributed by atoms with E-state index in [1.807, 2.05) is 0 Å². The number of thiazole rings is 1. The van der Waals surface area contributed by atoms with Crippen molar-refractivity contribution in [3.05, 3.63) is 45.6 Å². The summed E-state index contributed by atoms with van der Waals surface area (Å²) in [4.78, 5) is 74.9. The fraction of sp³-hybridized carbons (Fsp3) is 0.333. The van der Waals surface area contributed by atoms with Gasteiger partial charge in [-0.3, -0.25) is 19.3 Å². The van der Waals surface area contributed by atoms with Gasteiger partial charge in [0.05, 0.1) is 5.56 Å². The molecule has 3 amide bonds. The third kappa shape index (κ3) is 6.38. The Morgan fingerprint density at radius 3 is 2.54 bits per heavy atom. The Morgan fingerprint density at radius 1 is 1.28 bits per heavy atom. The molecule has 242 valence electrons. The Kier molecular flexibility index (Phi) is 9.44. The smallest absolute Gasteiger partial charge is 0.352 e. The monoisotopic (exact) mass is 673 g/mol. The third-order valence-corrected chi connectivity index (χ3v) is 8.92. The maximum Gasteiger partial charge on any atom is 0.352 e. The molecule has 2 aliphatic rings. The van der Waals surface area contributed by atoms with E-state index in [2.05, 4.69) is 15.5 Å². The van der Waals surface area contributed by atoms with Gasteiger partial charge in [-0.1, -0.05) is 5.16 Å². The first kappa shape index (κ1) is 33.5. The molecule has 0 bridgehead atoms. The highest BCUT2D eigenvalue weighted by Gasteiger charge is 2.54. The van der Waals surface area contributed by atoms with Crippen LogP contribution >= 0.6 is 23.1 Å². The van der Waals surface area contributed by atoms with Crippen LogP contribution in [0.15, 0.2) is 33.9 Å². The molecule has 1 aromatic carbocycles. The van der Waals surface area contributed by atoms with Crippen molar-refractivity contribution in [2.24, 2.45) is 5.16 Å². The quantitative estimate of drug-likeness (QED) is 0.0820. The van der Waals surface area contributed by atoms with Gasteiger partial charge >= 0.3 is 11.9 Å². The number of anilines is 1. The number of nitriles is 1. The summed E-state index contributed by atoms with van der Waals surface area (Å²) >= 11 is 2.11. The van der Waals surface area contributed by atoms with Gasteiger partial charge in [0, 0.05) is 29.8 Å². The number of rotatable bonds is 11. The number of nitrogens with two attached hydrogens (primary N) is 1. The van der Waals surface area contributed by atoms with Gasteiger partial charge in [-0.05, 0) is 38.5 Å². The zero-order valence-corrected chi connectivity index (χ0v) is 26.0. The van der Waals surface area contributed by atoms with Crippen LogP contribution in [0.3, 0.4) is 0 Å². The van der Waals surface area contributed by atoms with Gasteiger partial charge in [0.1, 0.15) is 28.9 Å². The van der Waals surface area contributed by atoms with Crippen LogP contribution in [0.2, 0.25) is 0 Å². The van der Waals surface area contributed by atoms with Gasteiger partial charge in [0.25, 0.3) is 17.7 Å². The molecule has 4 rings (SSSR count). The Balaban J connectivity index is 1.56. The highest BCUT2D eigenvalue weighted by Crippen LogP contribution is 2.41. The average Bonchev–Trinajstić information content (AvgIpc) is 3.44. The number of carbonyl (C=O) groups is 5. The number of phenols is 2. The van der Waals surface area contributed by atoms with E-state index in [4.69, 9.17) is 10.6 Å². The Bertz CT molecular complexity index is 1750. The van der Waals surface area contributed by atoms with Crippen molar-refractivity contribution < 1.29 is 49.2 Å². The largest absolute Gasteiger partial charge is 0.504 e. The first-order valence-corrected chi connectivity index (χ1v) is 15.2. The summed E-state index contributed by atoms with van der Waals surface area (Å²) in [6, 6.07) is 2.55. The van der Waals surface area contributed by atoms with E-state index in [0.29, 0.717) is 0 Å². The van der Waals surface area contributed by atoms with Gasteiger partial charge in [0.2, 0.25) is 5.60 Å². The number of carbonyl (C=O) groups excluding carboxylic acids is 3. The summed E-state index contributed by atoms with van der Waals surface area (Å²) in [5, 5.41) is 55.2. The van der Waals surface area contributed by atoms with E-state index in [0.717, 1.165) is 40.1 Å². The average molecular weight is 674 g/mol. The number of fused-ring (bicyclic) bond motifs is 1. The predicted molar refractivity (Wildman–Crippen MR) is 162 cm³/mol. The third-order valence-electron chi connectivity index (χ3n) is 6.90. The number of amides is 3. The van der Waals surface area contributed by atoms with Crippen LogP contribution in [-0.4, -0.2) is 106 Å². The van der Waals surface area contributed by atoms with Crippen LogP contribution < -0.4 is 11.1 Å². The minimum absolute atomic E-state index is 0.0392. The fourth-order valence-electron chi connectivity index (χ4n) is 4.38. The Hall–Kier alpha value is -5.35. The number of β-lactam (4-membered cyclic amide) rings is 1. The molecular formula is C27H27N7O10S2. The maximum atomic E-state index is 13.3. The normalized spacial score (nSPS) is 17.8. The molecule has 1 fully saturated rings. The van der Waals surface area contributed by atoms with Crippen molar-refractivity contribution in [1.82, 2.24) is 20.1 Å². The lowest BCUT2D eigenvalue weighted by atomic mass is 10.0. The van der Waals surface area contributed by atoms with Crippen LogP contribution in [0, 0.1) is 11.3 Å². The zero-order chi connectivity index (χ0) is 34.1. The first-order chi connectivity index (χ1) is 21.6. The molecule has 2 atom stereocenters. The molecule has 0 spiro atoms. The topological polar surface area (TPSA) is 269 Å². The fourth-order valence-corrected chi connectivity index (χ4v) is 6.27. The molecular weight excluding hydrogens is 646 g/mol. The van der Waals surface area contributed by atoms with Crippen molar-refractivity contribution in [2.45, 2.75) is 37.8 Å². The lowest BCUT2D eigenvalue weighted by molar-refractivity contribution is -0.161. The number of aliphatic carboxylic acids is 2. The summed E-state index contributed by atoms with van der Waals surface area (Å²) < 4.78 is 0. The standard InChI is InChI=1S/C27H27N7O10S2/c1-4-33(21(38)11-5-12(7-28)19(36)15(35)6-11)8-13-9-45-23-17(22(39)34(23)18(13)24(40)41)31-20(37)16(14-10-46-26(29)30-14)32-44-27(2,3)25(42)43/h5-6,10,17,23,35-36H,4,8-9H2,1-3H3,(H2,29,30)(H,31,37)(H,40,41)(H,42,43)/b32-16-/t17-,23?/m1/s1. The number of hydrogen-bond acceptors (Lipinski definition) is 14. The number of thioether (sulfide) groups is 1. The number of carboxylic acids is 2. The first-order valence-electron chi connectivity index (χ1n) is 13.3. The maximum absolute atomic E-state index is 13.3. The molecule has 7 N–H and O–H groups in total. The second-order valence-corrected chi connectivity index (χ2v) is 12.4. The van der Waals surface area contributed by atoms with Gasteiger partial charge in [0.15, 0.2) is 22.3 Å². The van der Waals surface area contributed by atoms with Crippen molar-refractivity contribution in [2.75, 3.05) is 24.6 Å². The van der Waals surface area contributed by atoms with E-state index in [-0.39, 0.29) is 52.1 Å². The summed E-state index contributed by atoms with van der Waals surface area (Å²) in [5.74, 6) is -6.50. The number of benzene rings is 1. The van der Waals surface area contributed by atoms with Crippen LogP contribution in [0.4, 0.5) is 5.13 Å². The molecule has 1 aromatic heterocycles. The van der Waals surface area contributed by atoms with Crippen LogP contribution in [0.1, 0.15) is 42.4 Å². The lowest BCUT2D eigenvalue weighted by Gasteiger charge is -2.49. The Morgan fingerprint density at radius 2 is 1.98 bits per heavy atom. The number of hydrogen-bond donors (Lipinski definition) is 6. The number of nitrogen functional groups attached to an aromatic ring is 1. The van der Waals surface area contributed by atoms with Crippen LogP contribution in [0.5, 0.6) is 11.5 Å². The molecule has 0 saturated carbocycles. The number of phenolic OH excluding ortho intramolecular Hbond substituents is 2. The second kappa shape index (κ2) is 12.9. The second-order valence-electron chi connectivity index (χ2n) is 10.4. The molecule has 46 heavy (non-hydrogen) atoms. The molecule has 19 heteroatoms. The van der Waals surface area contributed by atoms with E-state index in [9.17, 15) is 49.7 Å². The van der Waals surface area contributed by atoms with Gasteiger partial charge in [-0.2, -0.15) is 5.26 Å². The van der Waals surface area contributed by atoms with E-state index < -0.39 is 63.9 Å². The van der Waals surface area contributed by atoms with Crippen LogP contribution in [-0.2, 0) is 24.0 Å². The van der Waals surface area contributed by atoms with Gasteiger partial charge in [-0.25, -0.2) is 14.6 Å². The number of oxime groups is 1. The summed E-state index contributed by atoms with van der Waals surface area (Å²) in [6.07, 6.45) is 0. The molecule has 17 nitrogen and oxygen atoms in total. The zero-order valence-electron chi connectivity index (χ0n) is 24.4. The minimum Gasteiger partial charge on any atom is -0.504 e. The number of carboxylic acid groups (broad SMARTS) is 2. The highest BCUT2D eigenvalue weighted by atomic mass is 32.2. The van der Waals surface area contributed by atoms with Crippen molar-refractivity contribution in [3.8, 4) is 17.6 Å². The van der Waals surface area contributed by atoms with Gasteiger partial charge < -0.3 is 41.2 Å². The number of aromatic hydroxyl groups is 2. The Labute approximate surface area is 268 Å². The highest BCUT2D eigenvalue weighted by molar-refractivity contribution is 8.00. The molecule has 1 unspecified atom stereocenters. The predicted octanol–water partition coefficient (Wildman–Crippen LogP) is 0.493. The molecule has 0 aliphatic carbocycles. The molecule has 2 aromatic rings. The minimum atomic E-state index is -1.82. The molecule has 0 radical (unpaired) electrons. The van der Waals surface area contributed by atoms with Gasteiger partial charge in [-0.15, -0.1) is 23.1 Å². The SMILES string of the molecule is CCN(CC1=C(C(=O)O)N2C(=O)[C@@H](NC(=O)/C(=N\OC(C)(C)C(=O)O)c3csc(N)n3)C2SC1)C(=O)c1cc(O)c(O)c(C#N)c1. The lowest BCUT2D eigenvalue weighted by Crippen LogP contribution is -2.71. The van der Waals surface area contributed by atoms with E-state index in [1.54, 1.807) is 13.0 Å². The number of likely N-dealkylation sites (N-methyl/N-ethyl adjacent to an activating group) is 1.